The largest absolute Gasteiger partial charge is 0.462 e. The zero-order chi connectivity index (χ0) is 16.7. The minimum Gasteiger partial charge on any atom is -0.462 e. The molecule has 0 aliphatic rings. The third-order valence-corrected chi connectivity index (χ3v) is 3.70. The SMILES string of the molecule is CCOC(=O)c1ccccc1NC(=O)CNc1ccccc1Br. The summed E-state index contributed by atoms with van der Waals surface area (Å²) in [5.74, 6) is -0.709. The molecule has 0 aliphatic heterocycles. The Balaban J connectivity index is 2.01. The summed E-state index contributed by atoms with van der Waals surface area (Å²) in [4.78, 5) is 24.0. The van der Waals surface area contributed by atoms with Crippen LogP contribution in [0.1, 0.15) is 17.3 Å². The van der Waals surface area contributed by atoms with E-state index in [1.165, 1.54) is 0 Å². The third-order valence-electron chi connectivity index (χ3n) is 3.01. The molecule has 0 saturated carbocycles. The summed E-state index contributed by atoms with van der Waals surface area (Å²) in [6, 6.07) is 14.3. The molecule has 0 saturated heterocycles. The Labute approximate surface area is 143 Å². The fourth-order valence-corrected chi connectivity index (χ4v) is 2.38. The van der Waals surface area contributed by atoms with Gasteiger partial charge in [0.05, 0.1) is 24.4 Å². The van der Waals surface area contributed by atoms with Crippen LogP contribution < -0.4 is 10.6 Å². The zero-order valence-corrected chi connectivity index (χ0v) is 14.2. The van der Waals surface area contributed by atoms with Crippen LogP contribution in [0, 0.1) is 0 Å². The first-order valence-electron chi connectivity index (χ1n) is 7.16. The van der Waals surface area contributed by atoms with Crippen LogP contribution in [0.2, 0.25) is 0 Å². The van der Waals surface area contributed by atoms with E-state index in [0.717, 1.165) is 10.2 Å². The van der Waals surface area contributed by atoms with E-state index in [2.05, 4.69) is 26.6 Å². The van der Waals surface area contributed by atoms with E-state index in [9.17, 15) is 9.59 Å². The number of hydrogen-bond acceptors (Lipinski definition) is 4. The lowest BCUT2D eigenvalue weighted by Gasteiger charge is -2.12. The molecule has 0 bridgehead atoms. The van der Waals surface area contributed by atoms with Gasteiger partial charge in [0, 0.05) is 10.2 Å². The third kappa shape index (κ3) is 4.82. The Morgan fingerprint density at radius 1 is 1.04 bits per heavy atom. The Kier molecular flexibility index (Phi) is 6.17. The van der Waals surface area contributed by atoms with E-state index in [4.69, 9.17) is 4.74 Å². The molecule has 0 radical (unpaired) electrons. The second-order valence-electron chi connectivity index (χ2n) is 4.65. The van der Waals surface area contributed by atoms with Crippen molar-refractivity contribution in [1.29, 1.82) is 0 Å². The number of nitrogens with one attached hydrogen (secondary N) is 2. The van der Waals surface area contributed by atoms with E-state index < -0.39 is 5.97 Å². The van der Waals surface area contributed by atoms with Gasteiger partial charge in [0.25, 0.3) is 0 Å². The molecule has 2 aromatic rings. The molecule has 0 spiro atoms. The van der Waals surface area contributed by atoms with Crippen LogP contribution in [0.25, 0.3) is 0 Å². The fraction of sp³-hybridized carbons (Fsp3) is 0.176. The molecule has 0 fully saturated rings. The number of carbonyl (C=O) groups is 2. The highest BCUT2D eigenvalue weighted by Crippen LogP contribution is 2.21. The van der Waals surface area contributed by atoms with Crippen LogP contribution in [-0.2, 0) is 9.53 Å². The number of esters is 1. The zero-order valence-electron chi connectivity index (χ0n) is 12.6. The van der Waals surface area contributed by atoms with Crippen molar-refractivity contribution < 1.29 is 14.3 Å². The Bertz CT molecular complexity index is 704. The van der Waals surface area contributed by atoms with Crippen molar-refractivity contribution in [2.45, 2.75) is 6.92 Å². The number of halogens is 1. The van der Waals surface area contributed by atoms with Crippen LogP contribution in [0.15, 0.2) is 53.0 Å². The Morgan fingerprint density at radius 3 is 2.39 bits per heavy atom. The maximum atomic E-state index is 12.1. The van der Waals surface area contributed by atoms with Crippen LogP contribution >= 0.6 is 15.9 Å². The van der Waals surface area contributed by atoms with Gasteiger partial charge in [-0.3, -0.25) is 4.79 Å². The first kappa shape index (κ1) is 17.0. The summed E-state index contributed by atoms with van der Waals surface area (Å²) in [6.45, 7) is 2.10. The van der Waals surface area contributed by atoms with Gasteiger partial charge in [0.15, 0.2) is 0 Å². The van der Waals surface area contributed by atoms with Crippen molar-refractivity contribution in [3.05, 3.63) is 58.6 Å². The van der Waals surface area contributed by atoms with E-state index >= 15 is 0 Å². The summed E-state index contributed by atoms with van der Waals surface area (Å²) in [5.41, 5.74) is 1.59. The first-order chi connectivity index (χ1) is 11.1. The van der Waals surface area contributed by atoms with Gasteiger partial charge in [-0.1, -0.05) is 24.3 Å². The summed E-state index contributed by atoms with van der Waals surface area (Å²) in [7, 11) is 0. The molecule has 1 amide bonds. The Morgan fingerprint density at radius 2 is 1.70 bits per heavy atom. The van der Waals surface area contributed by atoms with Gasteiger partial charge < -0.3 is 15.4 Å². The van der Waals surface area contributed by atoms with Crippen molar-refractivity contribution in [3.8, 4) is 0 Å². The molecular weight excluding hydrogens is 360 g/mol. The average molecular weight is 377 g/mol. The molecule has 0 unspecified atom stereocenters. The number of benzene rings is 2. The van der Waals surface area contributed by atoms with Crippen molar-refractivity contribution in [2.24, 2.45) is 0 Å². The maximum absolute atomic E-state index is 12.1. The van der Waals surface area contributed by atoms with Gasteiger partial charge >= 0.3 is 5.97 Å². The summed E-state index contributed by atoms with van der Waals surface area (Å²) in [6.07, 6.45) is 0. The summed E-state index contributed by atoms with van der Waals surface area (Å²) in [5, 5.41) is 5.75. The van der Waals surface area contributed by atoms with E-state index in [1.54, 1.807) is 31.2 Å². The lowest BCUT2D eigenvalue weighted by Crippen LogP contribution is -2.23. The first-order valence-corrected chi connectivity index (χ1v) is 7.95. The second kappa shape index (κ2) is 8.33. The van der Waals surface area contributed by atoms with E-state index in [-0.39, 0.29) is 19.1 Å². The number of carbonyl (C=O) groups excluding carboxylic acids is 2. The molecule has 0 heterocycles. The topological polar surface area (TPSA) is 67.4 Å². The van der Waals surface area contributed by atoms with Crippen LogP contribution in [0.3, 0.4) is 0 Å². The monoisotopic (exact) mass is 376 g/mol. The number of ether oxygens (including phenoxy) is 1. The number of para-hydroxylation sites is 2. The fourth-order valence-electron chi connectivity index (χ4n) is 1.95. The maximum Gasteiger partial charge on any atom is 0.340 e. The number of amides is 1. The van der Waals surface area contributed by atoms with Crippen LogP contribution in [0.5, 0.6) is 0 Å². The van der Waals surface area contributed by atoms with Gasteiger partial charge in [-0.25, -0.2) is 4.79 Å². The van der Waals surface area contributed by atoms with Crippen LogP contribution in [0.4, 0.5) is 11.4 Å². The summed E-state index contributed by atoms with van der Waals surface area (Å²) < 4.78 is 5.86. The van der Waals surface area contributed by atoms with Gasteiger partial charge in [0.2, 0.25) is 5.91 Å². The molecule has 0 atom stereocenters. The van der Waals surface area contributed by atoms with Gasteiger partial charge in [0.1, 0.15) is 0 Å². The standard InChI is InChI=1S/C17H17BrN2O3/c1-2-23-17(22)12-7-3-5-9-14(12)20-16(21)11-19-15-10-6-4-8-13(15)18/h3-10,19H,2,11H2,1H3,(H,20,21). The van der Waals surface area contributed by atoms with Gasteiger partial charge in [-0.05, 0) is 47.1 Å². The van der Waals surface area contributed by atoms with E-state index in [0.29, 0.717) is 11.3 Å². The molecule has 2 N–H and O–H groups in total. The second-order valence-corrected chi connectivity index (χ2v) is 5.50. The average Bonchev–Trinajstić information content (AvgIpc) is 2.55. The molecule has 2 aromatic carbocycles. The summed E-state index contributed by atoms with van der Waals surface area (Å²) >= 11 is 3.41. The lowest BCUT2D eigenvalue weighted by atomic mass is 10.2. The normalized spacial score (nSPS) is 10.0. The number of hydrogen-bond donors (Lipinski definition) is 2. The molecule has 2 rings (SSSR count). The molecule has 0 aliphatic carbocycles. The molecule has 5 nitrogen and oxygen atoms in total. The van der Waals surface area contributed by atoms with Crippen LogP contribution in [-0.4, -0.2) is 25.0 Å². The smallest absolute Gasteiger partial charge is 0.340 e. The molecule has 6 heteroatoms. The molecule has 0 aromatic heterocycles. The van der Waals surface area contributed by atoms with Gasteiger partial charge in [-0.15, -0.1) is 0 Å². The molecular formula is C17H17BrN2O3. The van der Waals surface area contributed by atoms with Crippen molar-refractivity contribution >= 4 is 39.2 Å². The van der Waals surface area contributed by atoms with Crippen molar-refractivity contribution in [3.63, 3.8) is 0 Å². The number of rotatable bonds is 6. The quantitative estimate of drug-likeness (QED) is 0.754. The predicted molar refractivity (Wildman–Crippen MR) is 93.7 cm³/mol. The lowest BCUT2D eigenvalue weighted by molar-refractivity contribution is -0.114. The van der Waals surface area contributed by atoms with E-state index in [1.807, 2.05) is 24.3 Å². The van der Waals surface area contributed by atoms with Gasteiger partial charge in [-0.2, -0.15) is 0 Å². The minimum atomic E-state index is -0.456. The number of anilines is 2. The molecule has 23 heavy (non-hydrogen) atoms. The van der Waals surface area contributed by atoms with Crippen molar-refractivity contribution in [1.82, 2.24) is 0 Å². The molecule has 120 valence electrons. The predicted octanol–water partition coefficient (Wildman–Crippen LogP) is 3.68. The minimum absolute atomic E-state index is 0.0831. The van der Waals surface area contributed by atoms with Crippen molar-refractivity contribution in [2.75, 3.05) is 23.8 Å². The highest BCUT2D eigenvalue weighted by molar-refractivity contribution is 9.10. The Hall–Kier alpha value is -2.34. The highest BCUT2D eigenvalue weighted by Gasteiger charge is 2.13. The highest BCUT2D eigenvalue weighted by atomic mass is 79.9.